The number of para-hydroxylation sites is 1. The maximum atomic E-state index is 12.9. The number of anilines is 1. The predicted molar refractivity (Wildman–Crippen MR) is 103 cm³/mol. The molecule has 1 aromatic carbocycles. The van der Waals surface area contributed by atoms with Crippen LogP contribution in [0.5, 0.6) is 0 Å². The van der Waals surface area contributed by atoms with Gasteiger partial charge in [-0.05, 0) is 42.8 Å². The van der Waals surface area contributed by atoms with Gasteiger partial charge in [0.15, 0.2) is 0 Å². The van der Waals surface area contributed by atoms with Crippen LogP contribution >= 0.6 is 0 Å². The van der Waals surface area contributed by atoms with E-state index < -0.39 is 0 Å². The lowest BCUT2D eigenvalue weighted by Crippen LogP contribution is -2.31. The van der Waals surface area contributed by atoms with Gasteiger partial charge >= 0.3 is 0 Å². The van der Waals surface area contributed by atoms with E-state index in [1.165, 1.54) is 12.3 Å². The van der Waals surface area contributed by atoms with Gasteiger partial charge in [-0.3, -0.25) is 19.6 Å². The number of amides is 2. The average molecular weight is 360 g/mol. The molecule has 0 aliphatic heterocycles. The van der Waals surface area contributed by atoms with Gasteiger partial charge in [0.1, 0.15) is 5.69 Å². The Bertz CT molecular complexity index is 914. The van der Waals surface area contributed by atoms with Gasteiger partial charge in [0.2, 0.25) is 0 Å². The summed E-state index contributed by atoms with van der Waals surface area (Å²) in [6.45, 7) is 2.78. The molecule has 0 fully saturated rings. The summed E-state index contributed by atoms with van der Waals surface area (Å²) in [6, 6.07) is 16.2. The summed E-state index contributed by atoms with van der Waals surface area (Å²) in [4.78, 5) is 35.0. The van der Waals surface area contributed by atoms with Crippen LogP contribution in [0.15, 0.2) is 73.2 Å². The lowest BCUT2D eigenvalue weighted by Gasteiger charge is -2.21. The Balaban J connectivity index is 1.74. The van der Waals surface area contributed by atoms with Crippen molar-refractivity contribution in [3.8, 4) is 0 Å². The highest BCUT2D eigenvalue weighted by Crippen LogP contribution is 2.16. The second kappa shape index (κ2) is 8.71. The van der Waals surface area contributed by atoms with Crippen molar-refractivity contribution in [2.45, 2.75) is 13.5 Å². The number of rotatable bonds is 6. The minimum Gasteiger partial charge on any atom is -0.347 e. The number of nitrogens with one attached hydrogen (secondary N) is 1. The van der Waals surface area contributed by atoms with Crippen molar-refractivity contribution < 1.29 is 9.59 Å². The normalized spacial score (nSPS) is 10.3. The maximum Gasteiger partial charge on any atom is 0.270 e. The molecule has 136 valence electrons. The number of nitrogens with zero attached hydrogens (tertiary/aromatic N) is 3. The number of aromatic nitrogens is 2. The minimum absolute atomic E-state index is 0.174. The quantitative estimate of drug-likeness (QED) is 0.733. The Labute approximate surface area is 157 Å². The number of hydrogen-bond acceptors (Lipinski definition) is 4. The van der Waals surface area contributed by atoms with Crippen molar-refractivity contribution >= 4 is 17.5 Å². The van der Waals surface area contributed by atoms with E-state index >= 15 is 0 Å². The molecule has 3 aromatic rings. The molecule has 2 heterocycles. The molecule has 0 radical (unpaired) electrons. The molecule has 6 heteroatoms. The van der Waals surface area contributed by atoms with Crippen LogP contribution in [0, 0.1) is 0 Å². The largest absolute Gasteiger partial charge is 0.347 e. The molecule has 6 nitrogen and oxygen atoms in total. The van der Waals surface area contributed by atoms with Crippen molar-refractivity contribution in [2.75, 3.05) is 11.4 Å². The molecule has 0 aliphatic carbocycles. The lowest BCUT2D eigenvalue weighted by atomic mass is 10.1. The van der Waals surface area contributed by atoms with Gasteiger partial charge < -0.3 is 10.2 Å². The van der Waals surface area contributed by atoms with Gasteiger partial charge in [0, 0.05) is 42.9 Å². The molecule has 2 amide bonds. The molecule has 0 spiro atoms. The van der Waals surface area contributed by atoms with Crippen LogP contribution in [-0.2, 0) is 6.54 Å². The molecule has 27 heavy (non-hydrogen) atoms. The fourth-order valence-electron chi connectivity index (χ4n) is 2.67. The first-order chi connectivity index (χ1) is 13.2. The smallest absolute Gasteiger partial charge is 0.270 e. The van der Waals surface area contributed by atoms with Gasteiger partial charge in [-0.2, -0.15) is 0 Å². The fourth-order valence-corrected chi connectivity index (χ4v) is 2.67. The van der Waals surface area contributed by atoms with Crippen molar-refractivity contribution in [2.24, 2.45) is 0 Å². The first-order valence-corrected chi connectivity index (χ1v) is 8.69. The molecule has 3 rings (SSSR count). The van der Waals surface area contributed by atoms with Gasteiger partial charge in [0.05, 0.1) is 0 Å². The Kier molecular flexibility index (Phi) is 5.89. The number of pyridine rings is 2. The highest BCUT2D eigenvalue weighted by molar-refractivity contribution is 6.07. The predicted octanol–water partition coefficient (Wildman–Crippen LogP) is 3.07. The van der Waals surface area contributed by atoms with E-state index in [4.69, 9.17) is 0 Å². The van der Waals surface area contributed by atoms with E-state index in [0.29, 0.717) is 18.7 Å². The highest BCUT2D eigenvalue weighted by Gasteiger charge is 2.18. The SMILES string of the molecule is CCN(C(=O)c1ccnc(C(=O)NCc2cccnc2)c1)c1ccccc1. The van der Waals surface area contributed by atoms with Crippen LogP contribution < -0.4 is 10.2 Å². The van der Waals surface area contributed by atoms with Crippen LogP contribution in [0.2, 0.25) is 0 Å². The van der Waals surface area contributed by atoms with Crippen molar-refractivity contribution in [1.82, 2.24) is 15.3 Å². The number of benzene rings is 1. The molecule has 0 aliphatic rings. The van der Waals surface area contributed by atoms with Crippen LogP contribution in [0.4, 0.5) is 5.69 Å². The first kappa shape index (κ1) is 18.3. The Morgan fingerprint density at radius 1 is 1.04 bits per heavy atom. The number of carbonyl (C=O) groups excluding carboxylic acids is 2. The van der Waals surface area contributed by atoms with Gasteiger partial charge in [-0.25, -0.2) is 0 Å². The van der Waals surface area contributed by atoms with E-state index in [1.54, 1.807) is 23.4 Å². The summed E-state index contributed by atoms with van der Waals surface area (Å²) >= 11 is 0. The zero-order chi connectivity index (χ0) is 19.1. The third-order valence-electron chi connectivity index (χ3n) is 4.04. The van der Waals surface area contributed by atoms with Crippen molar-refractivity contribution in [3.05, 3.63) is 90.0 Å². The number of hydrogen-bond donors (Lipinski definition) is 1. The van der Waals surface area contributed by atoms with Crippen molar-refractivity contribution in [3.63, 3.8) is 0 Å². The molecule has 0 atom stereocenters. The Morgan fingerprint density at radius 2 is 1.85 bits per heavy atom. The molecule has 0 unspecified atom stereocenters. The topological polar surface area (TPSA) is 75.2 Å². The summed E-state index contributed by atoms with van der Waals surface area (Å²) < 4.78 is 0. The van der Waals surface area contributed by atoms with E-state index in [2.05, 4.69) is 15.3 Å². The zero-order valence-corrected chi connectivity index (χ0v) is 15.0. The molecular weight excluding hydrogens is 340 g/mol. The van der Waals surface area contributed by atoms with Crippen LogP contribution in [0.1, 0.15) is 33.3 Å². The number of carbonyl (C=O) groups is 2. The van der Waals surface area contributed by atoms with E-state index in [9.17, 15) is 9.59 Å². The maximum absolute atomic E-state index is 12.9. The third-order valence-corrected chi connectivity index (χ3v) is 4.04. The average Bonchev–Trinajstić information content (AvgIpc) is 2.74. The molecule has 2 aromatic heterocycles. The second-order valence-electron chi connectivity index (χ2n) is 5.86. The van der Waals surface area contributed by atoms with Gasteiger partial charge in [-0.1, -0.05) is 24.3 Å². The van der Waals surface area contributed by atoms with Crippen LogP contribution in [0.25, 0.3) is 0 Å². The van der Waals surface area contributed by atoms with Crippen molar-refractivity contribution in [1.29, 1.82) is 0 Å². The molecule has 0 saturated heterocycles. The van der Waals surface area contributed by atoms with Crippen LogP contribution in [-0.4, -0.2) is 28.3 Å². The summed E-state index contributed by atoms with van der Waals surface area (Å²) in [5.74, 6) is -0.510. The molecular formula is C21H20N4O2. The Morgan fingerprint density at radius 3 is 2.56 bits per heavy atom. The lowest BCUT2D eigenvalue weighted by molar-refractivity contribution is 0.0946. The molecule has 0 bridgehead atoms. The Hall–Kier alpha value is -3.54. The molecule has 1 N–H and O–H groups in total. The minimum atomic E-state index is -0.337. The van der Waals surface area contributed by atoms with E-state index in [0.717, 1.165) is 11.3 Å². The van der Waals surface area contributed by atoms with Gasteiger partial charge in [-0.15, -0.1) is 0 Å². The summed E-state index contributed by atoms with van der Waals surface area (Å²) in [5.41, 5.74) is 2.32. The fraction of sp³-hybridized carbons (Fsp3) is 0.143. The standard InChI is InChI=1S/C21H20N4O2/c1-2-25(18-8-4-3-5-9-18)21(27)17-10-12-23-19(13-17)20(26)24-15-16-7-6-11-22-14-16/h3-14H,2,15H2,1H3,(H,24,26). The van der Waals surface area contributed by atoms with E-state index in [1.807, 2.05) is 49.4 Å². The monoisotopic (exact) mass is 360 g/mol. The second-order valence-corrected chi connectivity index (χ2v) is 5.86. The summed E-state index contributed by atoms with van der Waals surface area (Å²) in [5, 5.41) is 2.79. The van der Waals surface area contributed by atoms with Gasteiger partial charge in [0.25, 0.3) is 11.8 Å². The van der Waals surface area contributed by atoms with Crippen LogP contribution in [0.3, 0.4) is 0 Å². The first-order valence-electron chi connectivity index (χ1n) is 8.69. The third kappa shape index (κ3) is 4.55. The summed E-state index contributed by atoms with van der Waals surface area (Å²) in [7, 11) is 0. The van der Waals surface area contributed by atoms with E-state index in [-0.39, 0.29) is 17.5 Å². The zero-order valence-electron chi connectivity index (χ0n) is 15.0. The molecule has 0 saturated carbocycles. The summed E-state index contributed by atoms with van der Waals surface area (Å²) in [6.07, 6.45) is 4.84. The highest BCUT2D eigenvalue weighted by atomic mass is 16.2.